The third-order valence-electron chi connectivity index (χ3n) is 2.22. The van der Waals surface area contributed by atoms with Gasteiger partial charge in [0.1, 0.15) is 6.54 Å². The molecule has 0 radical (unpaired) electrons. The van der Waals surface area contributed by atoms with Crippen molar-refractivity contribution >= 4 is 11.9 Å². The van der Waals surface area contributed by atoms with Gasteiger partial charge in [0.15, 0.2) is 5.76 Å². The molecule has 0 atom stereocenters. The molecular weight excluding hydrogens is 222 g/mol. The maximum Gasteiger partial charge on any atom is 0.325 e. The Labute approximate surface area is 100 Å². The first-order valence-electron chi connectivity index (χ1n) is 5.56. The van der Waals surface area contributed by atoms with Gasteiger partial charge >= 0.3 is 5.97 Å². The lowest BCUT2D eigenvalue weighted by Gasteiger charge is -2.24. The molecule has 0 N–H and O–H groups in total. The molecule has 1 heterocycles. The van der Waals surface area contributed by atoms with E-state index < -0.39 is 5.97 Å². The van der Waals surface area contributed by atoms with Crippen LogP contribution in [0.15, 0.2) is 22.8 Å². The lowest BCUT2D eigenvalue weighted by Crippen LogP contribution is -2.41. The molecule has 0 spiro atoms. The molecule has 0 saturated heterocycles. The second-order valence-electron chi connectivity index (χ2n) is 3.81. The van der Waals surface area contributed by atoms with Gasteiger partial charge in [-0.15, -0.1) is 0 Å². The Morgan fingerprint density at radius 3 is 2.65 bits per heavy atom. The summed E-state index contributed by atoms with van der Waals surface area (Å²) < 4.78 is 9.85. The highest BCUT2D eigenvalue weighted by molar-refractivity contribution is 5.93. The monoisotopic (exact) mass is 239 g/mol. The molecule has 1 aromatic rings. The minimum atomic E-state index is -0.416. The Bertz CT molecular complexity index is 370. The Morgan fingerprint density at radius 1 is 1.47 bits per heavy atom. The number of hydrogen-bond donors (Lipinski definition) is 0. The first kappa shape index (κ1) is 13.3. The summed E-state index contributed by atoms with van der Waals surface area (Å²) in [5.74, 6) is -0.498. The van der Waals surface area contributed by atoms with Crippen LogP contribution in [0, 0.1) is 0 Å². The number of amides is 1. The van der Waals surface area contributed by atoms with E-state index in [4.69, 9.17) is 9.15 Å². The van der Waals surface area contributed by atoms with Crippen LogP contribution >= 0.6 is 0 Å². The predicted octanol–water partition coefficient (Wildman–Crippen LogP) is 1.69. The molecule has 94 valence electrons. The van der Waals surface area contributed by atoms with Crippen molar-refractivity contribution in [2.75, 3.05) is 13.2 Å². The summed E-state index contributed by atoms with van der Waals surface area (Å²) in [5.41, 5.74) is 0. The van der Waals surface area contributed by atoms with Crippen LogP contribution < -0.4 is 0 Å². The van der Waals surface area contributed by atoms with E-state index in [-0.39, 0.29) is 24.3 Å². The molecule has 0 aliphatic rings. The van der Waals surface area contributed by atoms with Gasteiger partial charge in [0, 0.05) is 6.04 Å². The Hall–Kier alpha value is -1.78. The molecule has 0 aliphatic heterocycles. The van der Waals surface area contributed by atoms with Gasteiger partial charge in [0.2, 0.25) is 0 Å². The van der Waals surface area contributed by atoms with E-state index in [1.165, 1.54) is 11.2 Å². The fraction of sp³-hybridized carbons (Fsp3) is 0.500. The van der Waals surface area contributed by atoms with Gasteiger partial charge < -0.3 is 14.1 Å². The fourth-order valence-electron chi connectivity index (χ4n) is 1.38. The summed E-state index contributed by atoms with van der Waals surface area (Å²) in [6, 6.07) is 3.11. The Balaban J connectivity index is 2.73. The van der Waals surface area contributed by atoms with Crippen molar-refractivity contribution in [3.05, 3.63) is 24.2 Å². The van der Waals surface area contributed by atoms with Crippen molar-refractivity contribution in [1.82, 2.24) is 4.90 Å². The summed E-state index contributed by atoms with van der Waals surface area (Å²) in [6.45, 7) is 5.64. The molecule has 1 aromatic heterocycles. The number of hydrogen-bond acceptors (Lipinski definition) is 4. The van der Waals surface area contributed by atoms with Crippen LogP contribution in [0.25, 0.3) is 0 Å². The van der Waals surface area contributed by atoms with Crippen molar-refractivity contribution in [2.24, 2.45) is 0 Å². The Kier molecular flexibility index (Phi) is 4.75. The average molecular weight is 239 g/mol. The number of furan rings is 1. The summed E-state index contributed by atoms with van der Waals surface area (Å²) in [6.07, 6.45) is 1.43. The lowest BCUT2D eigenvalue weighted by molar-refractivity contribution is -0.144. The van der Waals surface area contributed by atoms with Gasteiger partial charge in [-0.3, -0.25) is 9.59 Å². The zero-order valence-electron chi connectivity index (χ0n) is 10.3. The molecule has 0 bridgehead atoms. The molecule has 0 saturated carbocycles. The number of nitrogens with zero attached hydrogens (tertiary/aromatic N) is 1. The van der Waals surface area contributed by atoms with E-state index in [1.807, 2.05) is 13.8 Å². The highest BCUT2D eigenvalue weighted by atomic mass is 16.5. The van der Waals surface area contributed by atoms with Crippen LogP contribution in [0.5, 0.6) is 0 Å². The van der Waals surface area contributed by atoms with Crippen LogP contribution in [-0.2, 0) is 9.53 Å². The lowest BCUT2D eigenvalue weighted by atomic mass is 10.3. The summed E-state index contributed by atoms with van der Waals surface area (Å²) in [5, 5.41) is 0. The van der Waals surface area contributed by atoms with Gasteiger partial charge in [0.25, 0.3) is 5.91 Å². The summed E-state index contributed by atoms with van der Waals surface area (Å²) in [7, 11) is 0. The smallest absolute Gasteiger partial charge is 0.325 e. The van der Waals surface area contributed by atoms with Crippen molar-refractivity contribution < 1.29 is 18.7 Å². The van der Waals surface area contributed by atoms with E-state index in [0.717, 1.165) is 0 Å². The normalized spacial score (nSPS) is 10.4. The third kappa shape index (κ3) is 3.62. The summed E-state index contributed by atoms with van der Waals surface area (Å²) >= 11 is 0. The minimum absolute atomic E-state index is 0.0644. The molecule has 5 heteroatoms. The number of rotatable bonds is 5. The zero-order chi connectivity index (χ0) is 12.8. The number of esters is 1. The predicted molar refractivity (Wildman–Crippen MR) is 61.5 cm³/mol. The number of carbonyl (C=O) groups excluding carboxylic acids is 2. The van der Waals surface area contributed by atoms with E-state index in [9.17, 15) is 9.59 Å². The van der Waals surface area contributed by atoms with E-state index >= 15 is 0 Å². The molecule has 0 aromatic carbocycles. The maximum absolute atomic E-state index is 12.0. The molecule has 1 amide bonds. The summed E-state index contributed by atoms with van der Waals surface area (Å²) in [4.78, 5) is 24.8. The average Bonchev–Trinajstić information content (AvgIpc) is 2.78. The molecule has 17 heavy (non-hydrogen) atoms. The topological polar surface area (TPSA) is 59.8 Å². The van der Waals surface area contributed by atoms with Crippen molar-refractivity contribution in [3.8, 4) is 0 Å². The van der Waals surface area contributed by atoms with Crippen molar-refractivity contribution in [1.29, 1.82) is 0 Å². The Morgan fingerprint density at radius 2 is 2.18 bits per heavy atom. The van der Waals surface area contributed by atoms with Crippen LogP contribution in [-0.4, -0.2) is 36.0 Å². The van der Waals surface area contributed by atoms with Gasteiger partial charge in [0.05, 0.1) is 12.9 Å². The highest BCUT2D eigenvalue weighted by Crippen LogP contribution is 2.09. The van der Waals surface area contributed by atoms with Crippen molar-refractivity contribution in [3.63, 3.8) is 0 Å². The third-order valence-corrected chi connectivity index (χ3v) is 2.22. The van der Waals surface area contributed by atoms with Crippen LogP contribution in [0.1, 0.15) is 31.3 Å². The molecule has 0 unspecified atom stereocenters. The largest absolute Gasteiger partial charge is 0.465 e. The second-order valence-corrected chi connectivity index (χ2v) is 3.81. The van der Waals surface area contributed by atoms with Crippen LogP contribution in [0.2, 0.25) is 0 Å². The fourth-order valence-corrected chi connectivity index (χ4v) is 1.38. The van der Waals surface area contributed by atoms with Crippen molar-refractivity contribution in [2.45, 2.75) is 26.8 Å². The highest BCUT2D eigenvalue weighted by Gasteiger charge is 2.23. The number of ether oxygens (including phenoxy) is 1. The second kappa shape index (κ2) is 6.08. The quantitative estimate of drug-likeness (QED) is 0.734. The van der Waals surface area contributed by atoms with Gasteiger partial charge in [-0.05, 0) is 32.9 Å². The molecule has 0 fully saturated rings. The first-order valence-corrected chi connectivity index (χ1v) is 5.56. The van der Waals surface area contributed by atoms with Gasteiger partial charge in [-0.1, -0.05) is 0 Å². The zero-order valence-corrected chi connectivity index (χ0v) is 10.3. The van der Waals surface area contributed by atoms with Gasteiger partial charge in [-0.2, -0.15) is 0 Å². The molecule has 5 nitrogen and oxygen atoms in total. The number of carbonyl (C=O) groups is 2. The SMILES string of the molecule is CCOC(=O)CN(C(=O)c1ccco1)C(C)C. The van der Waals surface area contributed by atoms with E-state index in [0.29, 0.717) is 6.61 Å². The molecule has 1 rings (SSSR count). The first-order chi connectivity index (χ1) is 8.06. The van der Waals surface area contributed by atoms with Gasteiger partial charge in [-0.25, -0.2) is 0 Å². The van der Waals surface area contributed by atoms with Crippen LogP contribution in [0.3, 0.4) is 0 Å². The standard InChI is InChI=1S/C12H17NO4/c1-4-16-11(14)8-13(9(2)3)12(15)10-6-5-7-17-10/h5-7,9H,4,8H2,1-3H3. The van der Waals surface area contributed by atoms with Crippen LogP contribution in [0.4, 0.5) is 0 Å². The van der Waals surface area contributed by atoms with E-state index in [2.05, 4.69) is 0 Å². The minimum Gasteiger partial charge on any atom is -0.465 e. The van der Waals surface area contributed by atoms with E-state index in [1.54, 1.807) is 19.1 Å². The maximum atomic E-state index is 12.0. The molecular formula is C12H17NO4. The molecule has 0 aliphatic carbocycles.